The van der Waals surface area contributed by atoms with Crippen molar-refractivity contribution in [1.29, 1.82) is 0 Å². The number of carbonyl (C=O) groups excluding carboxylic acids is 1. The minimum atomic E-state index is 0.0461. The zero-order valence-corrected chi connectivity index (χ0v) is 12.8. The van der Waals surface area contributed by atoms with E-state index in [4.69, 9.17) is 0 Å². The molecule has 7 nitrogen and oxygen atoms in total. The molecule has 0 unspecified atom stereocenters. The van der Waals surface area contributed by atoms with Gasteiger partial charge in [0.1, 0.15) is 4.88 Å². The van der Waals surface area contributed by atoms with Crippen LogP contribution in [-0.4, -0.2) is 48.4 Å². The van der Waals surface area contributed by atoms with Gasteiger partial charge in [0.2, 0.25) is 0 Å². The Morgan fingerprint density at radius 2 is 2.05 bits per heavy atom. The summed E-state index contributed by atoms with van der Waals surface area (Å²) in [5, 5.41) is 8.59. The summed E-state index contributed by atoms with van der Waals surface area (Å²) in [5.74, 6) is 0.0461. The molecular formula is C14H14N6OS. The molecule has 1 amide bonds. The van der Waals surface area contributed by atoms with E-state index in [0.29, 0.717) is 18.0 Å². The molecule has 1 fully saturated rings. The molecule has 4 rings (SSSR count). The lowest BCUT2D eigenvalue weighted by atomic mass is 10.1. The molecule has 22 heavy (non-hydrogen) atoms. The van der Waals surface area contributed by atoms with Gasteiger partial charge in [-0.25, -0.2) is 9.67 Å². The average Bonchev–Trinajstić information content (AvgIpc) is 3.17. The van der Waals surface area contributed by atoms with Crippen molar-refractivity contribution in [3.63, 3.8) is 0 Å². The smallest absolute Gasteiger partial charge is 0.266 e. The van der Waals surface area contributed by atoms with Gasteiger partial charge >= 0.3 is 0 Å². The highest BCUT2D eigenvalue weighted by Crippen LogP contribution is 2.27. The fraction of sp³-hybridized carbons (Fsp3) is 0.286. The van der Waals surface area contributed by atoms with E-state index in [9.17, 15) is 4.79 Å². The molecule has 1 aliphatic heterocycles. The van der Waals surface area contributed by atoms with Crippen molar-refractivity contribution in [2.45, 2.75) is 13.0 Å². The highest BCUT2D eigenvalue weighted by atomic mass is 32.1. The first-order chi connectivity index (χ1) is 10.7. The predicted molar refractivity (Wildman–Crippen MR) is 81.1 cm³/mol. The van der Waals surface area contributed by atoms with E-state index in [0.717, 1.165) is 10.8 Å². The summed E-state index contributed by atoms with van der Waals surface area (Å²) in [6, 6.07) is 4.11. The standard InChI is InChI=1S/C14H14N6OS/c1-10-12(22-14(16-10)18-5-2-3-6-18)13(21)19-8-11(9-19)20-7-4-15-17-20/h2-7,11H,8-9H2,1H3. The second-order valence-electron chi connectivity index (χ2n) is 5.25. The van der Waals surface area contributed by atoms with Crippen LogP contribution in [0.1, 0.15) is 21.4 Å². The SMILES string of the molecule is Cc1nc(-n2cccc2)sc1C(=O)N1CC(n2ccnn2)C1. The third-order valence-electron chi connectivity index (χ3n) is 3.77. The van der Waals surface area contributed by atoms with Crippen molar-refractivity contribution >= 4 is 17.2 Å². The molecule has 0 spiro atoms. The Balaban J connectivity index is 1.50. The van der Waals surface area contributed by atoms with Crippen molar-refractivity contribution < 1.29 is 4.79 Å². The number of hydrogen-bond donors (Lipinski definition) is 0. The summed E-state index contributed by atoms with van der Waals surface area (Å²) in [4.78, 5) is 19.6. The highest BCUT2D eigenvalue weighted by molar-refractivity contribution is 7.16. The lowest BCUT2D eigenvalue weighted by Crippen LogP contribution is -2.50. The maximum absolute atomic E-state index is 12.6. The minimum Gasteiger partial charge on any atom is -0.333 e. The molecule has 3 aromatic rings. The average molecular weight is 314 g/mol. The van der Waals surface area contributed by atoms with Crippen molar-refractivity contribution in [3.05, 3.63) is 47.5 Å². The van der Waals surface area contributed by atoms with Gasteiger partial charge in [-0.2, -0.15) is 0 Å². The van der Waals surface area contributed by atoms with E-state index in [2.05, 4.69) is 15.3 Å². The Bertz CT molecular complexity index is 786. The zero-order valence-electron chi connectivity index (χ0n) is 12.0. The maximum atomic E-state index is 12.6. The summed E-state index contributed by atoms with van der Waals surface area (Å²) in [6.45, 7) is 3.21. The van der Waals surface area contributed by atoms with E-state index in [-0.39, 0.29) is 11.9 Å². The molecule has 0 aromatic carbocycles. The summed E-state index contributed by atoms with van der Waals surface area (Å²) < 4.78 is 3.72. The van der Waals surface area contributed by atoms with Gasteiger partial charge in [0.15, 0.2) is 5.13 Å². The van der Waals surface area contributed by atoms with Crippen molar-refractivity contribution in [3.8, 4) is 5.13 Å². The van der Waals surface area contributed by atoms with Crippen LogP contribution in [0, 0.1) is 6.92 Å². The molecule has 4 heterocycles. The molecule has 0 saturated carbocycles. The number of rotatable bonds is 3. The van der Waals surface area contributed by atoms with Crippen LogP contribution in [0.5, 0.6) is 0 Å². The number of nitrogens with zero attached hydrogens (tertiary/aromatic N) is 6. The number of aromatic nitrogens is 5. The third-order valence-corrected chi connectivity index (χ3v) is 4.93. The number of hydrogen-bond acceptors (Lipinski definition) is 5. The number of thiazole rings is 1. The van der Waals surface area contributed by atoms with Crippen LogP contribution < -0.4 is 0 Å². The van der Waals surface area contributed by atoms with E-state index in [1.165, 1.54) is 11.3 Å². The van der Waals surface area contributed by atoms with E-state index in [1.807, 2.05) is 47.1 Å². The summed E-state index contributed by atoms with van der Waals surface area (Å²) >= 11 is 1.43. The highest BCUT2D eigenvalue weighted by Gasteiger charge is 2.34. The molecule has 3 aromatic heterocycles. The summed E-state index contributed by atoms with van der Waals surface area (Å²) in [5.41, 5.74) is 0.780. The molecule has 0 radical (unpaired) electrons. The molecular weight excluding hydrogens is 300 g/mol. The number of aryl methyl sites for hydroxylation is 1. The third kappa shape index (κ3) is 2.12. The van der Waals surface area contributed by atoms with Crippen LogP contribution >= 0.6 is 11.3 Å². The molecule has 1 saturated heterocycles. The lowest BCUT2D eigenvalue weighted by molar-refractivity contribution is 0.0502. The van der Waals surface area contributed by atoms with Crippen LogP contribution in [0.2, 0.25) is 0 Å². The quantitative estimate of drug-likeness (QED) is 0.735. The topological polar surface area (TPSA) is 68.8 Å². The number of likely N-dealkylation sites (tertiary alicyclic amines) is 1. The van der Waals surface area contributed by atoms with Crippen LogP contribution in [0.15, 0.2) is 36.9 Å². The lowest BCUT2D eigenvalue weighted by Gasteiger charge is -2.38. The van der Waals surface area contributed by atoms with Crippen LogP contribution in [0.4, 0.5) is 0 Å². The van der Waals surface area contributed by atoms with Crippen LogP contribution in [0.3, 0.4) is 0 Å². The predicted octanol–water partition coefficient (Wildman–Crippen LogP) is 1.53. The van der Waals surface area contributed by atoms with Gasteiger partial charge in [0.05, 0.1) is 17.9 Å². The Hall–Kier alpha value is -2.48. The molecule has 0 N–H and O–H groups in total. The van der Waals surface area contributed by atoms with E-state index >= 15 is 0 Å². The fourth-order valence-electron chi connectivity index (χ4n) is 2.50. The molecule has 8 heteroatoms. The van der Waals surface area contributed by atoms with Gasteiger partial charge in [-0.05, 0) is 19.1 Å². The Morgan fingerprint density at radius 3 is 2.73 bits per heavy atom. The number of amides is 1. The fourth-order valence-corrected chi connectivity index (χ4v) is 3.50. The van der Waals surface area contributed by atoms with Crippen molar-refractivity contribution in [1.82, 2.24) is 29.4 Å². The van der Waals surface area contributed by atoms with Gasteiger partial charge in [0, 0.05) is 31.7 Å². The molecule has 112 valence electrons. The van der Waals surface area contributed by atoms with Gasteiger partial charge in [0.25, 0.3) is 5.91 Å². The Kier molecular flexibility index (Phi) is 3.04. The minimum absolute atomic E-state index is 0.0461. The second kappa shape index (κ2) is 5.06. The van der Waals surface area contributed by atoms with Gasteiger partial charge in [-0.1, -0.05) is 16.6 Å². The second-order valence-corrected chi connectivity index (χ2v) is 6.23. The summed E-state index contributed by atoms with van der Waals surface area (Å²) in [7, 11) is 0. The van der Waals surface area contributed by atoms with Crippen LogP contribution in [-0.2, 0) is 0 Å². The maximum Gasteiger partial charge on any atom is 0.266 e. The van der Waals surface area contributed by atoms with E-state index in [1.54, 1.807) is 10.9 Å². The number of carbonyl (C=O) groups is 1. The van der Waals surface area contributed by atoms with Gasteiger partial charge < -0.3 is 9.47 Å². The first-order valence-corrected chi connectivity index (χ1v) is 7.80. The summed E-state index contributed by atoms with van der Waals surface area (Å²) in [6.07, 6.45) is 7.34. The first kappa shape index (κ1) is 13.2. The zero-order chi connectivity index (χ0) is 15.1. The van der Waals surface area contributed by atoms with E-state index < -0.39 is 0 Å². The van der Waals surface area contributed by atoms with Crippen LogP contribution in [0.25, 0.3) is 5.13 Å². The van der Waals surface area contributed by atoms with Crippen molar-refractivity contribution in [2.75, 3.05) is 13.1 Å². The Labute approximate surface area is 130 Å². The molecule has 0 aliphatic carbocycles. The monoisotopic (exact) mass is 314 g/mol. The Morgan fingerprint density at radius 1 is 1.27 bits per heavy atom. The van der Waals surface area contributed by atoms with Crippen molar-refractivity contribution in [2.24, 2.45) is 0 Å². The molecule has 1 aliphatic rings. The first-order valence-electron chi connectivity index (χ1n) is 6.98. The van der Waals surface area contributed by atoms with Gasteiger partial charge in [-0.3, -0.25) is 4.79 Å². The largest absolute Gasteiger partial charge is 0.333 e. The molecule has 0 atom stereocenters. The van der Waals surface area contributed by atoms with Gasteiger partial charge in [-0.15, -0.1) is 5.10 Å². The normalized spacial score (nSPS) is 15.0. The molecule has 0 bridgehead atoms.